The third kappa shape index (κ3) is 6.37. The Morgan fingerprint density at radius 2 is 1.72 bits per heavy atom. The Balaban J connectivity index is 0.00000300. The molecular weight excluding hydrogens is 407 g/mol. The molecular formula is C21H23ClF3NO3. The van der Waals surface area contributed by atoms with Crippen LogP contribution in [-0.4, -0.2) is 35.2 Å². The summed E-state index contributed by atoms with van der Waals surface area (Å²) in [6.07, 6.45) is -3.98. The van der Waals surface area contributed by atoms with Crippen LogP contribution in [0.5, 0.6) is 5.75 Å². The fraction of sp³-hybridized carbons (Fsp3) is 0.381. The molecule has 29 heavy (non-hydrogen) atoms. The van der Waals surface area contributed by atoms with Crippen LogP contribution in [0, 0.1) is 5.92 Å². The Labute approximate surface area is 173 Å². The highest BCUT2D eigenvalue weighted by Gasteiger charge is 2.40. The topological polar surface area (TPSA) is 49.8 Å². The Hall–Kier alpha value is -2.25. The number of aromatic carboxylic acids is 1. The molecule has 2 aromatic rings. The molecule has 1 aliphatic rings. The van der Waals surface area contributed by atoms with Crippen molar-refractivity contribution in [3.05, 3.63) is 65.2 Å². The van der Waals surface area contributed by atoms with Crippen LogP contribution in [-0.2, 0) is 13.2 Å². The van der Waals surface area contributed by atoms with E-state index in [-0.39, 0.29) is 43.2 Å². The molecule has 0 unspecified atom stereocenters. The molecule has 1 fully saturated rings. The molecule has 8 heteroatoms. The van der Waals surface area contributed by atoms with Crippen molar-refractivity contribution in [2.24, 2.45) is 5.92 Å². The van der Waals surface area contributed by atoms with E-state index in [1.54, 1.807) is 18.2 Å². The molecule has 0 atom stereocenters. The van der Waals surface area contributed by atoms with Gasteiger partial charge in [-0.2, -0.15) is 13.2 Å². The quantitative estimate of drug-likeness (QED) is 0.689. The number of likely N-dealkylation sites (tertiary alicyclic amines) is 1. The molecule has 1 saturated heterocycles. The number of carboxylic acid groups (broad SMARTS) is 1. The van der Waals surface area contributed by atoms with E-state index in [9.17, 15) is 23.1 Å². The molecule has 1 N–H and O–H groups in total. The number of hydrogen-bond donors (Lipinski definition) is 1. The first-order valence-corrected chi connectivity index (χ1v) is 9.15. The number of halogens is 4. The summed E-state index contributed by atoms with van der Waals surface area (Å²) in [5, 5.41) is 9.50. The zero-order valence-corrected chi connectivity index (χ0v) is 16.5. The molecule has 4 nitrogen and oxygen atoms in total. The van der Waals surface area contributed by atoms with E-state index in [1.165, 1.54) is 0 Å². The van der Waals surface area contributed by atoms with Crippen molar-refractivity contribution >= 4 is 18.4 Å². The van der Waals surface area contributed by atoms with Crippen LogP contribution in [0.1, 0.15) is 34.3 Å². The van der Waals surface area contributed by atoms with Crippen LogP contribution < -0.4 is 4.74 Å². The highest BCUT2D eigenvalue weighted by atomic mass is 35.5. The minimum absolute atomic E-state index is 0. The molecule has 0 spiro atoms. The Bertz CT molecular complexity index is 807. The predicted octanol–water partition coefficient (Wildman–Crippen LogP) is 5.16. The summed E-state index contributed by atoms with van der Waals surface area (Å²) in [4.78, 5) is 13.5. The fourth-order valence-corrected chi connectivity index (χ4v) is 3.38. The molecule has 1 heterocycles. The van der Waals surface area contributed by atoms with Crippen LogP contribution in [0.4, 0.5) is 13.2 Å². The standard InChI is InChI=1S/C21H22F3NO3.ClH/c22-21(23,24)17-8-10-25(11-9-17)13-16-6-7-19(18(12-16)20(26)27)28-14-15-4-2-1-3-5-15;/h1-7,12,17H,8-11,13-14H2,(H,26,27);1H. The summed E-state index contributed by atoms with van der Waals surface area (Å²) in [7, 11) is 0. The number of hydrogen-bond acceptors (Lipinski definition) is 3. The van der Waals surface area contributed by atoms with E-state index in [2.05, 4.69) is 0 Å². The van der Waals surface area contributed by atoms with Crippen molar-refractivity contribution in [2.75, 3.05) is 13.1 Å². The first-order valence-electron chi connectivity index (χ1n) is 9.15. The molecule has 0 aromatic heterocycles. The van der Waals surface area contributed by atoms with Crippen molar-refractivity contribution in [3.63, 3.8) is 0 Å². The van der Waals surface area contributed by atoms with Crippen LogP contribution >= 0.6 is 12.4 Å². The molecule has 158 valence electrons. The van der Waals surface area contributed by atoms with Gasteiger partial charge in [-0.3, -0.25) is 4.90 Å². The zero-order valence-electron chi connectivity index (χ0n) is 15.7. The number of benzene rings is 2. The molecule has 0 amide bonds. The number of rotatable bonds is 6. The van der Waals surface area contributed by atoms with Crippen molar-refractivity contribution in [3.8, 4) is 5.75 Å². The van der Waals surface area contributed by atoms with Gasteiger partial charge in [-0.15, -0.1) is 12.4 Å². The normalized spacial score (nSPS) is 15.6. The largest absolute Gasteiger partial charge is 0.488 e. The summed E-state index contributed by atoms with van der Waals surface area (Å²) >= 11 is 0. The molecule has 2 aromatic carbocycles. The minimum atomic E-state index is -4.14. The third-order valence-corrected chi connectivity index (χ3v) is 4.97. The lowest BCUT2D eigenvalue weighted by Crippen LogP contribution is -2.38. The number of carbonyl (C=O) groups is 1. The summed E-state index contributed by atoms with van der Waals surface area (Å²) in [6, 6.07) is 14.3. The van der Waals surface area contributed by atoms with E-state index >= 15 is 0 Å². The van der Waals surface area contributed by atoms with Crippen molar-refractivity contribution in [1.82, 2.24) is 4.90 Å². The van der Waals surface area contributed by atoms with Crippen molar-refractivity contribution < 1.29 is 27.8 Å². The van der Waals surface area contributed by atoms with Gasteiger partial charge in [0.15, 0.2) is 0 Å². The fourth-order valence-electron chi connectivity index (χ4n) is 3.38. The molecule has 0 radical (unpaired) electrons. The van der Waals surface area contributed by atoms with Crippen LogP contribution in [0.3, 0.4) is 0 Å². The minimum Gasteiger partial charge on any atom is -0.488 e. The number of alkyl halides is 3. The zero-order chi connectivity index (χ0) is 20.1. The van der Waals surface area contributed by atoms with Gasteiger partial charge in [0.2, 0.25) is 0 Å². The molecule has 1 aliphatic heterocycles. The average Bonchev–Trinajstić information content (AvgIpc) is 2.67. The van der Waals surface area contributed by atoms with E-state index in [4.69, 9.17) is 4.74 Å². The SMILES string of the molecule is Cl.O=C(O)c1cc(CN2CCC(C(F)(F)F)CC2)ccc1OCc1ccccc1. The third-order valence-electron chi connectivity index (χ3n) is 4.97. The lowest BCUT2D eigenvalue weighted by Gasteiger charge is -2.32. The van der Waals surface area contributed by atoms with E-state index in [1.807, 2.05) is 35.2 Å². The van der Waals surface area contributed by atoms with E-state index < -0.39 is 18.1 Å². The molecule has 3 rings (SSSR count). The van der Waals surface area contributed by atoms with Gasteiger partial charge in [0.25, 0.3) is 0 Å². The number of ether oxygens (including phenoxy) is 1. The van der Waals surface area contributed by atoms with Gasteiger partial charge in [0.1, 0.15) is 17.9 Å². The maximum Gasteiger partial charge on any atom is 0.391 e. The Kier molecular flexibility index (Phi) is 7.93. The molecule has 0 bridgehead atoms. The van der Waals surface area contributed by atoms with Crippen molar-refractivity contribution in [1.29, 1.82) is 0 Å². The van der Waals surface area contributed by atoms with Gasteiger partial charge in [0.05, 0.1) is 5.92 Å². The lowest BCUT2D eigenvalue weighted by atomic mass is 9.96. The monoisotopic (exact) mass is 429 g/mol. The smallest absolute Gasteiger partial charge is 0.391 e. The number of piperidine rings is 1. The van der Waals surface area contributed by atoms with Gasteiger partial charge in [-0.1, -0.05) is 36.4 Å². The highest BCUT2D eigenvalue weighted by Crippen LogP contribution is 2.34. The summed E-state index contributed by atoms with van der Waals surface area (Å²) in [5.74, 6) is -2.07. The lowest BCUT2D eigenvalue weighted by molar-refractivity contribution is -0.185. The Morgan fingerprint density at radius 3 is 2.31 bits per heavy atom. The average molecular weight is 430 g/mol. The first kappa shape index (κ1) is 23.0. The van der Waals surface area contributed by atoms with Gasteiger partial charge in [0, 0.05) is 6.54 Å². The number of carboxylic acids is 1. The predicted molar refractivity (Wildman–Crippen MR) is 105 cm³/mol. The van der Waals surface area contributed by atoms with Crippen LogP contribution in [0.2, 0.25) is 0 Å². The summed E-state index contributed by atoms with van der Waals surface area (Å²) in [6.45, 7) is 1.37. The first-order chi connectivity index (χ1) is 13.3. The van der Waals surface area contributed by atoms with Gasteiger partial charge in [-0.05, 0) is 49.2 Å². The second kappa shape index (κ2) is 9.98. The maximum atomic E-state index is 12.8. The highest BCUT2D eigenvalue weighted by molar-refractivity contribution is 5.91. The summed E-state index contributed by atoms with van der Waals surface area (Å²) in [5.41, 5.74) is 1.73. The number of nitrogens with zero attached hydrogens (tertiary/aromatic N) is 1. The van der Waals surface area contributed by atoms with Crippen LogP contribution in [0.15, 0.2) is 48.5 Å². The van der Waals surface area contributed by atoms with Crippen molar-refractivity contribution in [2.45, 2.75) is 32.2 Å². The van der Waals surface area contributed by atoms with E-state index in [0.29, 0.717) is 19.6 Å². The molecule has 0 saturated carbocycles. The molecule has 0 aliphatic carbocycles. The van der Waals surface area contributed by atoms with Crippen LogP contribution in [0.25, 0.3) is 0 Å². The Morgan fingerprint density at radius 1 is 1.07 bits per heavy atom. The van der Waals surface area contributed by atoms with Gasteiger partial charge >= 0.3 is 12.1 Å². The maximum absolute atomic E-state index is 12.8. The van der Waals surface area contributed by atoms with E-state index in [0.717, 1.165) is 11.1 Å². The second-order valence-corrected chi connectivity index (χ2v) is 7.00. The van der Waals surface area contributed by atoms with Gasteiger partial charge < -0.3 is 9.84 Å². The summed E-state index contributed by atoms with van der Waals surface area (Å²) < 4.78 is 44.0. The van der Waals surface area contributed by atoms with Gasteiger partial charge in [-0.25, -0.2) is 4.79 Å². The second-order valence-electron chi connectivity index (χ2n) is 7.00.